The summed E-state index contributed by atoms with van der Waals surface area (Å²) in [7, 11) is 3.84. The second-order valence-electron chi connectivity index (χ2n) is 9.27. The second kappa shape index (κ2) is 8.97. The number of methoxy groups -OCH3 is 1. The van der Waals surface area contributed by atoms with Crippen molar-refractivity contribution >= 4 is 22.5 Å². The number of anilines is 1. The van der Waals surface area contributed by atoms with Gasteiger partial charge in [-0.3, -0.25) is 9.59 Å². The van der Waals surface area contributed by atoms with Crippen molar-refractivity contribution in [2.24, 2.45) is 0 Å². The Labute approximate surface area is 189 Å². The fourth-order valence-electron chi connectivity index (χ4n) is 4.71. The van der Waals surface area contributed by atoms with Crippen LogP contribution in [0.3, 0.4) is 0 Å². The predicted octanol–water partition coefficient (Wildman–Crippen LogP) is 2.34. The number of aromatic amines is 1. The molecule has 4 rings (SSSR count). The van der Waals surface area contributed by atoms with Crippen molar-refractivity contribution in [2.45, 2.75) is 44.2 Å². The Morgan fingerprint density at radius 3 is 2.56 bits per heavy atom. The van der Waals surface area contributed by atoms with E-state index in [1.807, 2.05) is 6.07 Å². The molecule has 2 aliphatic rings. The van der Waals surface area contributed by atoms with Crippen LogP contribution < -0.4 is 15.8 Å². The number of carbonyl (C=O) groups excluding carboxylic acids is 1. The normalized spacial score (nSPS) is 19.6. The van der Waals surface area contributed by atoms with E-state index < -0.39 is 0 Å². The zero-order valence-corrected chi connectivity index (χ0v) is 19.2. The lowest BCUT2D eigenvalue weighted by Gasteiger charge is -2.40. The molecule has 1 aromatic heterocycles. The number of H-pyrrole nitrogens is 1. The molecule has 0 saturated carbocycles. The minimum absolute atomic E-state index is 0.0912. The van der Waals surface area contributed by atoms with Gasteiger partial charge in [0.05, 0.1) is 16.8 Å². The summed E-state index contributed by atoms with van der Waals surface area (Å²) >= 11 is 0. The van der Waals surface area contributed by atoms with Gasteiger partial charge in [-0.15, -0.1) is 6.42 Å². The molecule has 7 nitrogen and oxygen atoms in total. The van der Waals surface area contributed by atoms with Crippen molar-refractivity contribution in [2.75, 3.05) is 45.2 Å². The largest absolute Gasteiger partial charge is 0.378 e. The number of nitrogens with one attached hydrogen (secondary N) is 2. The van der Waals surface area contributed by atoms with Crippen molar-refractivity contribution in [1.82, 2.24) is 15.2 Å². The van der Waals surface area contributed by atoms with E-state index in [1.54, 1.807) is 19.2 Å². The summed E-state index contributed by atoms with van der Waals surface area (Å²) in [5.74, 6) is 2.49. The molecular weight excluding hydrogens is 404 g/mol. The first kappa shape index (κ1) is 22.4. The van der Waals surface area contributed by atoms with Gasteiger partial charge in [0.15, 0.2) is 0 Å². The van der Waals surface area contributed by atoms with Gasteiger partial charge in [-0.1, -0.05) is 5.92 Å². The summed E-state index contributed by atoms with van der Waals surface area (Å²) in [4.78, 5) is 33.0. The molecule has 0 bridgehead atoms. The van der Waals surface area contributed by atoms with Crippen LogP contribution in [0.2, 0.25) is 0 Å². The number of piperidine rings is 2. The number of fused-ring (bicyclic) bond motifs is 1. The Balaban J connectivity index is 1.68. The SMILES string of the molecule is C#Cc1c(N2CCC(C)(OC)CC2)c2cc(C(=O)NC3CCN(C)CC3)ccc2[nH]c1=O. The zero-order chi connectivity index (χ0) is 22.9. The van der Waals surface area contributed by atoms with Crippen LogP contribution >= 0.6 is 0 Å². The molecule has 170 valence electrons. The summed E-state index contributed by atoms with van der Waals surface area (Å²) in [6, 6.07) is 5.60. The maximum Gasteiger partial charge on any atom is 0.266 e. The average molecular weight is 437 g/mol. The highest BCUT2D eigenvalue weighted by molar-refractivity contribution is 6.02. The number of pyridine rings is 1. The van der Waals surface area contributed by atoms with Crippen molar-refractivity contribution in [3.05, 3.63) is 39.7 Å². The predicted molar refractivity (Wildman–Crippen MR) is 127 cm³/mol. The summed E-state index contributed by atoms with van der Waals surface area (Å²) in [6.07, 6.45) is 9.31. The average Bonchev–Trinajstić information content (AvgIpc) is 2.80. The molecule has 3 heterocycles. The molecule has 0 aliphatic carbocycles. The first-order chi connectivity index (χ1) is 15.3. The Bertz CT molecular complexity index is 1100. The summed E-state index contributed by atoms with van der Waals surface area (Å²) in [5.41, 5.74) is 1.85. The van der Waals surface area contributed by atoms with Crippen LogP contribution in [-0.4, -0.2) is 67.8 Å². The third-order valence-electron chi connectivity index (χ3n) is 7.08. The van der Waals surface area contributed by atoms with Gasteiger partial charge in [-0.05, 0) is 70.9 Å². The molecule has 0 unspecified atom stereocenters. The van der Waals surface area contributed by atoms with Gasteiger partial charge in [-0.2, -0.15) is 0 Å². The zero-order valence-electron chi connectivity index (χ0n) is 19.2. The van der Waals surface area contributed by atoms with Crippen molar-refractivity contribution < 1.29 is 9.53 Å². The van der Waals surface area contributed by atoms with Gasteiger partial charge < -0.3 is 24.8 Å². The highest BCUT2D eigenvalue weighted by Crippen LogP contribution is 2.34. The number of hydrogen-bond donors (Lipinski definition) is 2. The van der Waals surface area contributed by atoms with Crippen LogP contribution in [0.25, 0.3) is 10.9 Å². The van der Waals surface area contributed by atoms with Crippen LogP contribution in [0.1, 0.15) is 48.5 Å². The highest BCUT2D eigenvalue weighted by atomic mass is 16.5. The number of likely N-dealkylation sites (tertiary alicyclic amines) is 1. The molecular formula is C25H32N4O3. The topological polar surface area (TPSA) is 77.7 Å². The first-order valence-corrected chi connectivity index (χ1v) is 11.3. The van der Waals surface area contributed by atoms with Gasteiger partial charge in [0, 0.05) is 37.2 Å². The summed E-state index contributed by atoms with van der Waals surface area (Å²) < 4.78 is 5.67. The lowest BCUT2D eigenvalue weighted by atomic mass is 9.92. The molecule has 0 spiro atoms. The molecule has 0 radical (unpaired) electrons. The van der Waals surface area contributed by atoms with E-state index in [9.17, 15) is 9.59 Å². The molecule has 2 saturated heterocycles. The maximum atomic E-state index is 13.0. The highest BCUT2D eigenvalue weighted by Gasteiger charge is 2.31. The molecule has 2 N–H and O–H groups in total. The van der Waals surface area contributed by atoms with E-state index >= 15 is 0 Å². The fraction of sp³-hybridized carbons (Fsp3) is 0.520. The number of rotatable bonds is 4. The number of benzene rings is 1. The number of hydrogen-bond acceptors (Lipinski definition) is 5. The van der Waals surface area contributed by atoms with E-state index in [-0.39, 0.29) is 23.1 Å². The van der Waals surface area contributed by atoms with Gasteiger partial charge >= 0.3 is 0 Å². The number of aromatic nitrogens is 1. The van der Waals surface area contributed by atoms with Crippen LogP contribution in [0.4, 0.5) is 5.69 Å². The molecule has 0 atom stereocenters. The number of carbonyl (C=O) groups is 1. The number of ether oxygens (including phenoxy) is 1. The molecule has 7 heteroatoms. The van der Waals surface area contributed by atoms with Crippen LogP contribution in [-0.2, 0) is 4.74 Å². The van der Waals surface area contributed by atoms with Gasteiger partial charge in [-0.25, -0.2) is 0 Å². The first-order valence-electron chi connectivity index (χ1n) is 11.3. The summed E-state index contributed by atoms with van der Waals surface area (Å²) in [5, 5.41) is 3.97. The number of terminal acetylenes is 1. The minimum Gasteiger partial charge on any atom is -0.378 e. The Kier molecular flexibility index (Phi) is 6.27. The Morgan fingerprint density at radius 2 is 1.94 bits per heavy atom. The minimum atomic E-state index is -0.279. The monoisotopic (exact) mass is 436 g/mol. The maximum absolute atomic E-state index is 13.0. The van der Waals surface area contributed by atoms with Crippen molar-refractivity contribution in [1.29, 1.82) is 0 Å². The van der Waals surface area contributed by atoms with Crippen LogP contribution in [0, 0.1) is 12.3 Å². The lowest BCUT2D eigenvalue weighted by molar-refractivity contribution is -0.0132. The molecule has 2 fully saturated rings. The quantitative estimate of drug-likeness (QED) is 0.720. The number of nitrogens with zero attached hydrogens (tertiary/aromatic N) is 2. The second-order valence-corrected chi connectivity index (χ2v) is 9.27. The number of amides is 1. The van der Waals surface area contributed by atoms with Crippen molar-refractivity contribution in [3.8, 4) is 12.3 Å². The van der Waals surface area contributed by atoms with E-state index in [0.29, 0.717) is 16.6 Å². The standard InChI is InChI=1S/C25H32N4O3/c1-5-19-22(29-14-10-25(2,32-4)11-15-29)20-16-17(6-7-21(20)27-24(19)31)23(30)26-18-8-12-28(3)13-9-18/h1,6-7,16,18H,8-15H2,2-4H3,(H,26,30)(H,27,31). The van der Waals surface area contributed by atoms with Crippen LogP contribution in [0.5, 0.6) is 0 Å². The molecule has 2 aromatic rings. The fourth-order valence-corrected chi connectivity index (χ4v) is 4.71. The van der Waals surface area contributed by atoms with Gasteiger partial charge in [0.25, 0.3) is 11.5 Å². The third kappa shape index (κ3) is 4.38. The van der Waals surface area contributed by atoms with Crippen molar-refractivity contribution in [3.63, 3.8) is 0 Å². The molecule has 2 aliphatic heterocycles. The Hall–Kier alpha value is -2.82. The molecule has 1 aromatic carbocycles. The van der Waals surface area contributed by atoms with E-state index in [2.05, 4.69) is 40.0 Å². The van der Waals surface area contributed by atoms with E-state index in [4.69, 9.17) is 11.2 Å². The third-order valence-corrected chi connectivity index (χ3v) is 7.08. The lowest BCUT2D eigenvalue weighted by Crippen LogP contribution is -2.44. The van der Waals surface area contributed by atoms with Crippen LogP contribution in [0.15, 0.2) is 23.0 Å². The van der Waals surface area contributed by atoms with Gasteiger partial charge in [0.2, 0.25) is 0 Å². The molecule has 1 amide bonds. The smallest absolute Gasteiger partial charge is 0.266 e. The molecule has 32 heavy (non-hydrogen) atoms. The Morgan fingerprint density at radius 1 is 1.25 bits per heavy atom. The van der Waals surface area contributed by atoms with E-state index in [0.717, 1.165) is 62.9 Å². The summed E-state index contributed by atoms with van der Waals surface area (Å²) in [6.45, 7) is 5.52. The van der Waals surface area contributed by atoms with E-state index in [1.165, 1.54) is 0 Å². The van der Waals surface area contributed by atoms with Gasteiger partial charge in [0.1, 0.15) is 5.56 Å².